The molecule has 1 fully saturated rings. The number of hydrogen-bond donors (Lipinski definition) is 2. The molecule has 0 aliphatic heterocycles. The predicted molar refractivity (Wildman–Crippen MR) is 64.5 cm³/mol. The van der Waals surface area contributed by atoms with Crippen LogP contribution in [0, 0.1) is 0 Å². The Morgan fingerprint density at radius 3 is 2.59 bits per heavy atom. The number of esters is 1. The van der Waals surface area contributed by atoms with Crippen LogP contribution < -0.4 is 10.6 Å². The summed E-state index contributed by atoms with van der Waals surface area (Å²) < 4.78 is 4.95. The predicted octanol–water partition coefficient (Wildman–Crippen LogP) is 0.586. The zero-order chi connectivity index (χ0) is 12.7. The van der Waals surface area contributed by atoms with Gasteiger partial charge in [-0.3, -0.25) is 14.9 Å². The minimum absolute atomic E-state index is 0.0436. The van der Waals surface area contributed by atoms with Crippen molar-refractivity contribution in [2.45, 2.75) is 51.6 Å². The van der Waals surface area contributed by atoms with Crippen LogP contribution in [0.2, 0.25) is 0 Å². The van der Waals surface area contributed by atoms with Crippen molar-refractivity contribution in [3.8, 4) is 0 Å². The van der Waals surface area contributed by atoms with Crippen molar-refractivity contribution in [3.63, 3.8) is 0 Å². The van der Waals surface area contributed by atoms with Gasteiger partial charge in [-0.05, 0) is 26.2 Å². The van der Waals surface area contributed by atoms with Gasteiger partial charge in [-0.15, -0.1) is 0 Å². The maximum Gasteiger partial charge on any atom is 0.323 e. The smallest absolute Gasteiger partial charge is 0.323 e. The third-order valence-electron chi connectivity index (χ3n) is 2.60. The molecule has 0 saturated heterocycles. The SMILES string of the molecule is CCCC(NCC(=O)NC1CC1)C(=O)OCC. The van der Waals surface area contributed by atoms with Gasteiger partial charge in [0.05, 0.1) is 13.2 Å². The number of ether oxygens (including phenoxy) is 1. The molecule has 0 spiro atoms. The van der Waals surface area contributed by atoms with Crippen LogP contribution in [-0.4, -0.2) is 37.1 Å². The average molecular weight is 242 g/mol. The Kier molecular flexibility index (Phi) is 5.97. The van der Waals surface area contributed by atoms with Crippen LogP contribution >= 0.6 is 0 Å². The zero-order valence-corrected chi connectivity index (χ0v) is 10.6. The maximum atomic E-state index is 11.6. The summed E-state index contributed by atoms with van der Waals surface area (Å²) in [6.07, 6.45) is 3.71. The van der Waals surface area contributed by atoms with Crippen LogP contribution in [0.3, 0.4) is 0 Å². The molecule has 0 aromatic heterocycles. The van der Waals surface area contributed by atoms with Gasteiger partial charge in [-0.1, -0.05) is 13.3 Å². The number of rotatable bonds is 8. The highest BCUT2D eigenvalue weighted by molar-refractivity contribution is 5.80. The Bertz CT molecular complexity index is 264. The molecule has 0 radical (unpaired) electrons. The summed E-state index contributed by atoms with van der Waals surface area (Å²) in [5.41, 5.74) is 0. The van der Waals surface area contributed by atoms with E-state index in [-0.39, 0.29) is 24.5 Å². The normalized spacial score (nSPS) is 16.4. The van der Waals surface area contributed by atoms with Crippen LogP contribution in [-0.2, 0) is 14.3 Å². The summed E-state index contributed by atoms with van der Waals surface area (Å²) in [4.78, 5) is 23.0. The Labute approximate surface area is 102 Å². The molecule has 5 nitrogen and oxygen atoms in total. The van der Waals surface area contributed by atoms with Gasteiger partial charge < -0.3 is 10.1 Å². The summed E-state index contributed by atoms with van der Waals surface area (Å²) in [6, 6.07) is -0.0126. The first kappa shape index (κ1) is 14.0. The molecule has 1 aliphatic carbocycles. The fourth-order valence-corrected chi connectivity index (χ4v) is 1.56. The molecule has 98 valence electrons. The highest BCUT2D eigenvalue weighted by atomic mass is 16.5. The Morgan fingerprint density at radius 2 is 2.06 bits per heavy atom. The zero-order valence-electron chi connectivity index (χ0n) is 10.6. The summed E-state index contributed by atoms with van der Waals surface area (Å²) in [5.74, 6) is -0.313. The fourth-order valence-electron chi connectivity index (χ4n) is 1.56. The number of carbonyl (C=O) groups is 2. The molecule has 1 rings (SSSR count). The minimum atomic E-state index is -0.370. The molecule has 1 unspecified atom stereocenters. The summed E-state index contributed by atoms with van der Waals surface area (Å²) >= 11 is 0. The molecule has 0 aromatic rings. The molecule has 2 N–H and O–H groups in total. The number of amides is 1. The van der Waals surface area contributed by atoms with Crippen molar-refractivity contribution < 1.29 is 14.3 Å². The molecule has 1 saturated carbocycles. The first-order chi connectivity index (χ1) is 8.17. The standard InChI is InChI=1S/C12H22N2O3/c1-3-5-10(12(16)17-4-2)13-8-11(15)14-9-6-7-9/h9-10,13H,3-8H2,1-2H3,(H,14,15). The van der Waals surface area contributed by atoms with E-state index in [9.17, 15) is 9.59 Å². The van der Waals surface area contributed by atoms with Crippen LogP contribution in [0.5, 0.6) is 0 Å². The van der Waals surface area contributed by atoms with Gasteiger partial charge in [0.1, 0.15) is 6.04 Å². The van der Waals surface area contributed by atoms with Gasteiger partial charge >= 0.3 is 5.97 Å². The Hall–Kier alpha value is -1.10. The Morgan fingerprint density at radius 1 is 1.35 bits per heavy atom. The van der Waals surface area contributed by atoms with Gasteiger partial charge in [-0.25, -0.2) is 0 Å². The van der Waals surface area contributed by atoms with E-state index in [1.165, 1.54) is 0 Å². The van der Waals surface area contributed by atoms with E-state index in [0.717, 1.165) is 19.3 Å². The number of nitrogens with one attached hydrogen (secondary N) is 2. The van der Waals surface area contributed by atoms with Crippen molar-refractivity contribution >= 4 is 11.9 Å². The van der Waals surface area contributed by atoms with E-state index in [0.29, 0.717) is 19.1 Å². The maximum absolute atomic E-state index is 11.6. The van der Waals surface area contributed by atoms with Crippen molar-refractivity contribution in [1.82, 2.24) is 10.6 Å². The van der Waals surface area contributed by atoms with Gasteiger partial charge in [-0.2, -0.15) is 0 Å². The van der Waals surface area contributed by atoms with Gasteiger partial charge in [0.25, 0.3) is 0 Å². The average Bonchev–Trinajstić information content (AvgIpc) is 3.08. The lowest BCUT2D eigenvalue weighted by atomic mass is 10.1. The van der Waals surface area contributed by atoms with Crippen molar-refractivity contribution in [3.05, 3.63) is 0 Å². The highest BCUT2D eigenvalue weighted by Gasteiger charge is 2.24. The molecular formula is C12H22N2O3. The van der Waals surface area contributed by atoms with E-state index in [4.69, 9.17) is 4.74 Å². The second-order valence-electron chi connectivity index (χ2n) is 4.32. The van der Waals surface area contributed by atoms with Crippen molar-refractivity contribution in [1.29, 1.82) is 0 Å². The third-order valence-corrected chi connectivity index (χ3v) is 2.60. The third kappa shape index (κ3) is 5.68. The lowest BCUT2D eigenvalue weighted by Crippen LogP contribution is -2.44. The molecule has 5 heteroatoms. The van der Waals surface area contributed by atoms with Crippen LogP contribution in [0.1, 0.15) is 39.5 Å². The molecule has 17 heavy (non-hydrogen) atoms. The molecule has 1 aliphatic rings. The fraction of sp³-hybridized carbons (Fsp3) is 0.833. The lowest BCUT2D eigenvalue weighted by Gasteiger charge is -2.16. The van der Waals surface area contributed by atoms with Crippen LogP contribution in [0.15, 0.2) is 0 Å². The first-order valence-electron chi connectivity index (χ1n) is 6.36. The van der Waals surface area contributed by atoms with E-state index in [1.807, 2.05) is 6.92 Å². The number of carbonyl (C=O) groups excluding carboxylic acids is 2. The van der Waals surface area contributed by atoms with E-state index in [2.05, 4.69) is 10.6 Å². The summed E-state index contributed by atoms with van der Waals surface area (Å²) in [5, 5.41) is 5.82. The second-order valence-corrected chi connectivity index (χ2v) is 4.32. The molecule has 0 aromatic carbocycles. The quantitative estimate of drug-likeness (QED) is 0.611. The van der Waals surface area contributed by atoms with Crippen LogP contribution in [0.25, 0.3) is 0 Å². The summed E-state index contributed by atoms with van der Waals surface area (Å²) in [7, 11) is 0. The monoisotopic (exact) mass is 242 g/mol. The molecule has 1 amide bonds. The largest absolute Gasteiger partial charge is 0.465 e. The highest BCUT2D eigenvalue weighted by Crippen LogP contribution is 2.18. The van der Waals surface area contributed by atoms with E-state index >= 15 is 0 Å². The minimum Gasteiger partial charge on any atom is -0.465 e. The summed E-state index contributed by atoms with van der Waals surface area (Å²) in [6.45, 7) is 4.33. The molecule has 1 atom stereocenters. The van der Waals surface area contributed by atoms with Gasteiger partial charge in [0.15, 0.2) is 0 Å². The molecule has 0 heterocycles. The lowest BCUT2D eigenvalue weighted by molar-refractivity contribution is -0.145. The van der Waals surface area contributed by atoms with E-state index < -0.39 is 0 Å². The number of hydrogen-bond acceptors (Lipinski definition) is 4. The first-order valence-corrected chi connectivity index (χ1v) is 6.36. The molecular weight excluding hydrogens is 220 g/mol. The topological polar surface area (TPSA) is 67.4 Å². The molecule has 0 bridgehead atoms. The van der Waals surface area contributed by atoms with Crippen molar-refractivity contribution in [2.24, 2.45) is 0 Å². The van der Waals surface area contributed by atoms with Crippen molar-refractivity contribution in [2.75, 3.05) is 13.2 Å². The van der Waals surface area contributed by atoms with Crippen LogP contribution in [0.4, 0.5) is 0 Å². The Balaban J connectivity index is 2.26. The van der Waals surface area contributed by atoms with Gasteiger partial charge in [0.2, 0.25) is 5.91 Å². The second kappa shape index (κ2) is 7.27. The van der Waals surface area contributed by atoms with E-state index in [1.54, 1.807) is 6.92 Å². The van der Waals surface area contributed by atoms with Gasteiger partial charge in [0, 0.05) is 6.04 Å².